The number of rotatable bonds is 6. The van der Waals surface area contributed by atoms with Gasteiger partial charge in [0.15, 0.2) is 4.80 Å². The van der Waals surface area contributed by atoms with Crippen LogP contribution in [0.2, 0.25) is 0 Å². The highest BCUT2D eigenvalue weighted by molar-refractivity contribution is 7.98. The standard InChI is InChI=1S/C24H24N2O2S2/c1-4-16-9-10-20-22(13-16)30-24(26(20)11-12-29-3)25-23(27)19-14-17-7-5-6-8-18(17)15-21(19)28-2/h5-10,13-15H,4,11-12H2,1-3H3. The number of amides is 1. The number of benzene rings is 3. The zero-order valence-corrected chi connectivity index (χ0v) is 19.0. The summed E-state index contributed by atoms with van der Waals surface area (Å²) in [6.45, 7) is 2.96. The second kappa shape index (κ2) is 9.06. The number of ether oxygens (including phenoxy) is 1. The number of nitrogens with zero attached hydrogens (tertiary/aromatic N) is 2. The molecule has 0 fully saturated rings. The zero-order chi connectivity index (χ0) is 21.1. The molecule has 30 heavy (non-hydrogen) atoms. The molecular formula is C24H24N2O2S2. The molecular weight excluding hydrogens is 412 g/mol. The number of thiazole rings is 1. The van der Waals surface area contributed by atoms with Crippen molar-refractivity contribution >= 4 is 50.0 Å². The Balaban J connectivity index is 1.86. The number of fused-ring (bicyclic) bond motifs is 2. The third kappa shape index (κ3) is 4.02. The molecule has 0 unspecified atom stereocenters. The molecule has 0 bridgehead atoms. The molecule has 0 spiro atoms. The van der Waals surface area contributed by atoms with Crippen LogP contribution in [0.4, 0.5) is 0 Å². The van der Waals surface area contributed by atoms with Crippen molar-refractivity contribution in [2.24, 2.45) is 4.99 Å². The molecule has 0 aliphatic carbocycles. The predicted molar refractivity (Wildman–Crippen MR) is 128 cm³/mol. The topological polar surface area (TPSA) is 43.6 Å². The van der Waals surface area contributed by atoms with Crippen molar-refractivity contribution in [3.8, 4) is 5.75 Å². The number of hydrogen-bond acceptors (Lipinski definition) is 4. The SMILES string of the molecule is CCc1ccc2c(c1)sc(=NC(=O)c1cc3ccccc3cc1OC)n2CCSC. The molecule has 1 heterocycles. The lowest BCUT2D eigenvalue weighted by Crippen LogP contribution is -2.18. The minimum absolute atomic E-state index is 0.280. The van der Waals surface area contributed by atoms with Crippen LogP contribution in [0.5, 0.6) is 5.75 Å². The Kier molecular flexibility index (Phi) is 6.25. The Hall–Kier alpha value is -2.57. The molecule has 0 radical (unpaired) electrons. The quantitative estimate of drug-likeness (QED) is 0.399. The van der Waals surface area contributed by atoms with Gasteiger partial charge in [0.1, 0.15) is 5.75 Å². The van der Waals surface area contributed by atoms with Crippen molar-refractivity contribution in [2.75, 3.05) is 19.1 Å². The number of aryl methyl sites for hydroxylation is 2. The number of aromatic nitrogens is 1. The maximum Gasteiger partial charge on any atom is 0.283 e. The van der Waals surface area contributed by atoms with E-state index in [9.17, 15) is 4.79 Å². The van der Waals surface area contributed by atoms with E-state index in [0.29, 0.717) is 11.3 Å². The predicted octanol–water partition coefficient (Wildman–Crippen LogP) is 5.53. The average Bonchev–Trinajstić information content (AvgIpc) is 3.12. The van der Waals surface area contributed by atoms with Gasteiger partial charge >= 0.3 is 0 Å². The Morgan fingerprint density at radius 3 is 2.60 bits per heavy atom. The lowest BCUT2D eigenvalue weighted by molar-refractivity contribution is 0.0995. The van der Waals surface area contributed by atoms with E-state index < -0.39 is 0 Å². The van der Waals surface area contributed by atoms with E-state index >= 15 is 0 Å². The molecule has 1 aromatic heterocycles. The van der Waals surface area contributed by atoms with Crippen LogP contribution in [0.3, 0.4) is 0 Å². The van der Waals surface area contributed by atoms with E-state index in [1.165, 1.54) is 5.56 Å². The minimum Gasteiger partial charge on any atom is -0.496 e. The monoisotopic (exact) mass is 436 g/mol. The molecule has 0 N–H and O–H groups in total. The maximum atomic E-state index is 13.2. The Bertz CT molecular complexity index is 1290. The largest absolute Gasteiger partial charge is 0.496 e. The zero-order valence-electron chi connectivity index (χ0n) is 17.3. The molecule has 4 nitrogen and oxygen atoms in total. The van der Waals surface area contributed by atoms with Crippen molar-refractivity contribution in [3.05, 3.63) is 70.5 Å². The Labute approximate surface area is 184 Å². The molecule has 6 heteroatoms. The summed E-state index contributed by atoms with van der Waals surface area (Å²) in [7, 11) is 1.59. The number of thioether (sulfide) groups is 1. The third-order valence-corrected chi connectivity index (χ3v) is 6.80. The van der Waals surface area contributed by atoms with Crippen molar-refractivity contribution in [2.45, 2.75) is 19.9 Å². The van der Waals surface area contributed by atoms with Gasteiger partial charge in [0.2, 0.25) is 0 Å². The first-order chi connectivity index (χ1) is 14.6. The van der Waals surface area contributed by atoms with Crippen molar-refractivity contribution in [1.82, 2.24) is 4.57 Å². The van der Waals surface area contributed by atoms with Crippen molar-refractivity contribution in [3.63, 3.8) is 0 Å². The van der Waals surface area contributed by atoms with Crippen LogP contribution in [0.15, 0.2) is 59.6 Å². The number of methoxy groups -OCH3 is 1. The molecule has 1 amide bonds. The van der Waals surface area contributed by atoms with E-state index in [0.717, 1.165) is 44.5 Å². The van der Waals surface area contributed by atoms with Gasteiger partial charge in [0, 0.05) is 12.3 Å². The van der Waals surface area contributed by atoms with Crippen LogP contribution in [-0.2, 0) is 13.0 Å². The summed E-state index contributed by atoms with van der Waals surface area (Å²) in [6, 6.07) is 18.2. The first kappa shape index (κ1) is 20.7. The highest BCUT2D eigenvalue weighted by atomic mass is 32.2. The van der Waals surface area contributed by atoms with E-state index in [1.807, 2.05) is 36.4 Å². The van der Waals surface area contributed by atoms with Gasteiger partial charge in [-0.2, -0.15) is 16.8 Å². The maximum absolute atomic E-state index is 13.2. The van der Waals surface area contributed by atoms with Gasteiger partial charge in [-0.25, -0.2) is 0 Å². The summed E-state index contributed by atoms with van der Waals surface area (Å²) in [4.78, 5) is 18.5. The van der Waals surface area contributed by atoms with Crippen LogP contribution < -0.4 is 9.54 Å². The molecule has 0 aliphatic heterocycles. The summed E-state index contributed by atoms with van der Waals surface area (Å²) in [5.74, 6) is 1.23. The summed E-state index contributed by atoms with van der Waals surface area (Å²) in [6.07, 6.45) is 3.07. The Morgan fingerprint density at radius 2 is 1.90 bits per heavy atom. The normalized spacial score (nSPS) is 12.0. The third-order valence-electron chi connectivity index (χ3n) is 5.17. The van der Waals surface area contributed by atoms with Crippen LogP contribution in [-0.4, -0.2) is 29.6 Å². The molecule has 0 aliphatic rings. The molecule has 0 atom stereocenters. The van der Waals surface area contributed by atoms with Crippen molar-refractivity contribution in [1.29, 1.82) is 0 Å². The van der Waals surface area contributed by atoms with Gasteiger partial charge in [-0.1, -0.05) is 48.6 Å². The molecule has 154 valence electrons. The smallest absolute Gasteiger partial charge is 0.283 e. The second-order valence-electron chi connectivity index (χ2n) is 7.00. The van der Waals surface area contributed by atoms with Crippen LogP contribution in [0.1, 0.15) is 22.8 Å². The first-order valence-corrected chi connectivity index (χ1v) is 12.1. The molecule has 0 saturated heterocycles. The minimum atomic E-state index is -0.280. The van der Waals surface area contributed by atoms with Gasteiger partial charge in [-0.15, -0.1) is 0 Å². The highest BCUT2D eigenvalue weighted by Crippen LogP contribution is 2.27. The van der Waals surface area contributed by atoms with E-state index in [4.69, 9.17) is 4.74 Å². The summed E-state index contributed by atoms with van der Waals surface area (Å²) >= 11 is 3.35. The molecule has 4 aromatic rings. The summed E-state index contributed by atoms with van der Waals surface area (Å²) in [5.41, 5.74) is 2.90. The van der Waals surface area contributed by atoms with Gasteiger partial charge in [-0.05, 0) is 53.3 Å². The van der Waals surface area contributed by atoms with E-state index in [-0.39, 0.29) is 5.91 Å². The molecule has 3 aromatic carbocycles. The highest BCUT2D eigenvalue weighted by Gasteiger charge is 2.15. The van der Waals surface area contributed by atoms with Crippen LogP contribution in [0, 0.1) is 0 Å². The van der Waals surface area contributed by atoms with E-state index in [1.54, 1.807) is 30.2 Å². The van der Waals surface area contributed by atoms with Crippen LogP contribution >= 0.6 is 23.1 Å². The first-order valence-electron chi connectivity index (χ1n) is 9.91. The van der Waals surface area contributed by atoms with Crippen molar-refractivity contribution < 1.29 is 9.53 Å². The fraction of sp³-hybridized carbons (Fsp3) is 0.250. The van der Waals surface area contributed by atoms with Crippen LogP contribution in [0.25, 0.3) is 21.0 Å². The summed E-state index contributed by atoms with van der Waals surface area (Å²) in [5, 5.41) is 2.03. The van der Waals surface area contributed by atoms with Gasteiger partial charge in [0.25, 0.3) is 5.91 Å². The van der Waals surface area contributed by atoms with Gasteiger partial charge in [0.05, 0.1) is 22.9 Å². The lowest BCUT2D eigenvalue weighted by Gasteiger charge is -2.08. The fourth-order valence-corrected chi connectivity index (χ4v) is 5.01. The Morgan fingerprint density at radius 1 is 1.13 bits per heavy atom. The summed E-state index contributed by atoms with van der Waals surface area (Å²) < 4.78 is 8.82. The van der Waals surface area contributed by atoms with E-state index in [2.05, 4.69) is 40.9 Å². The molecule has 0 saturated carbocycles. The fourth-order valence-electron chi connectivity index (χ4n) is 3.52. The number of carbonyl (C=O) groups excluding carboxylic acids is 1. The molecule has 4 rings (SSSR count). The number of carbonyl (C=O) groups is 1. The van der Waals surface area contributed by atoms with Gasteiger partial charge in [-0.3, -0.25) is 4.79 Å². The average molecular weight is 437 g/mol. The second-order valence-corrected chi connectivity index (χ2v) is 9.00. The number of hydrogen-bond donors (Lipinski definition) is 0. The lowest BCUT2D eigenvalue weighted by atomic mass is 10.1. The van der Waals surface area contributed by atoms with Gasteiger partial charge < -0.3 is 9.30 Å².